The van der Waals surface area contributed by atoms with Crippen molar-refractivity contribution in [2.75, 3.05) is 26.7 Å². The summed E-state index contributed by atoms with van der Waals surface area (Å²) in [5, 5.41) is 40.6. The van der Waals surface area contributed by atoms with Gasteiger partial charge in [0.2, 0.25) is 59.1 Å². The fraction of sp³-hybridized carbons (Fsp3) is 0.703. The summed E-state index contributed by atoms with van der Waals surface area (Å²) in [6.07, 6.45) is 4.48. The van der Waals surface area contributed by atoms with Crippen LogP contribution in [0.5, 0.6) is 0 Å². The Morgan fingerprint density at radius 1 is 0.574 bits per heavy atom. The predicted molar refractivity (Wildman–Crippen MR) is 355 cm³/mol. The highest BCUT2D eigenvalue weighted by molar-refractivity contribution is 5.99. The molecular weight excluding hydrogens is 1210 g/mol. The first-order chi connectivity index (χ1) is 44.5. The Morgan fingerprint density at radius 3 is 1.50 bits per heavy atom. The van der Waals surface area contributed by atoms with Crippen LogP contribution in [0.3, 0.4) is 0 Å². The summed E-state index contributed by atoms with van der Waals surface area (Å²) < 4.78 is 5.81. The second-order valence-corrected chi connectivity index (χ2v) is 25.0. The average molecular weight is 1320 g/mol. The molecule has 1 saturated heterocycles. The molecule has 0 aromatic heterocycles. The van der Waals surface area contributed by atoms with Gasteiger partial charge in [-0.3, -0.25) is 57.9 Å². The summed E-state index contributed by atoms with van der Waals surface area (Å²) in [7, 11) is 1.63. The zero-order valence-electron chi connectivity index (χ0n) is 56.8. The number of nitrogens with one attached hydrogen (secondary N) is 11. The number of hydrogen-bond acceptors (Lipinski definition) is 16. The third-order valence-electron chi connectivity index (χ3n) is 17.9. The molecule has 1 aliphatic carbocycles. The van der Waals surface area contributed by atoms with Crippen molar-refractivity contribution in [3.63, 3.8) is 0 Å². The molecule has 30 nitrogen and oxygen atoms in total. The van der Waals surface area contributed by atoms with E-state index >= 15 is 0 Å². The maximum atomic E-state index is 14.7. The van der Waals surface area contributed by atoms with E-state index in [1.165, 1.54) is 13.8 Å². The number of hydrogen-bond donors (Lipinski definition) is 16. The maximum absolute atomic E-state index is 14.7. The normalized spacial score (nSPS) is 21.6. The van der Waals surface area contributed by atoms with Gasteiger partial charge in [0.1, 0.15) is 66.5 Å². The Bertz CT molecular complexity index is 2730. The van der Waals surface area contributed by atoms with Crippen molar-refractivity contribution >= 4 is 77.0 Å². The zero-order valence-corrected chi connectivity index (χ0v) is 56.8. The molecule has 1 aromatic carbocycles. The zero-order chi connectivity index (χ0) is 70.4. The monoisotopic (exact) mass is 1320 g/mol. The first-order valence-corrected chi connectivity index (χ1v) is 33.2. The van der Waals surface area contributed by atoms with Gasteiger partial charge in [-0.25, -0.2) is 4.79 Å². The van der Waals surface area contributed by atoms with Crippen LogP contribution in [-0.4, -0.2) is 181 Å². The molecule has 3 rings (SSSR count). The number of cyclic esters (lactones) is 1. The number of nitrogens with zero attached hydrogens (tertiary/aromatic N) is 2. The number of amides is 10. The maximum Gasteiger partial charge on any atom is 0.329 e. The highest BCUT2D eigenvalue weighted by Gasteiger charge is 2.42. The molecule has 1 aromatic rings. The molecule has 94 heavy (non-hydrogen) atoms. The van der Waals surface area contributed by atoms with Gasteiger partial charge in [-0.05, 0) is 101 Å². The molecule has 30 heteroatoms. The molecule has 1 aliphatic heterocycles. The molecule has 0 bridgehead atoms. The Morgan fingerprint density at radius 2 is 1.03 bits per heavy atom. The number of aliphatic imine (C=N–C) groups is 2. The molecule has 2 fully saturated rings. The van der Waals surface area contributed by atoms with Gasteiger partial charge in [-0.2, -0.15) is 0 Å². The fourth-order valence-electron chi connectivity index (χ4n) is 11.0. The number of likely N-dealkylation sites (N-methyl/N-ethyl adjacent to an activating group) is 1. The number of esters is 1. The van der Waals surface area contributed by atoms with Crippen LogP contribution in [0.2, 0.25) is 0 Å². The lowest BCUT2D eigenvalue weighted by Gasteiger charge is -2.32. The van der Waals surface area contributed by atoms with Crippen LogP contribution < -0.4 is 81.4 Å². The lowest BCUT2D eigenvalue weighted by Crippen LogP contribution is -2.63. The van der Waals surface area contributed by atoms with Crippen LogP contribution in [0.1, 0.15) is 158 Å². The van der Waals surface area contributed by atoms with Crippen LogP contribution in [0.4, 0.5) is 0 Å². The number of aliphatic hydroxyl groups is 1. The van der Waals surface area contributed by atoms with E-state index in [9.17, 15) is 57.8 Å². The lowest BCUT2D eigenvalue weighted by molar-refractivity contribution is -0.157. The first kappa shape index (κ1) is 80.1. The van der Waals surface area contributed by atoms with Gasteiger partial charge in [0, 0.05) is 13.1 Å². The van der Waals surface area contributed by atoms with E-state index in [1.54, 1.807) is 48.6 Å². The van der Waals surface area contributed by atoms with Gasteiger partial charge in [-0.15, -0.1) is 0 Å². The van der Waals surface area contributed by atoms with Gasteiger partial charge in [0.25, 0.3) is 0 Å². The number of rotatable bonds is 35. The van der Waals surface area contributed by atoms with Crippen LogP contribution >= 0.6 is 0 Å². The summed E-state index contributed by atoms with van der Waals surface area (Å²) in [5.74, 6) is -11.7. The van der Waals surface area contributed by atoms with E-state index < -0.39 is 168 Å². The molecule has 16 atom stereocenters. The van der Waals surface area contributed by atoms with Crippen LogP contribution in [0, 0.1) is 29.6 Å². The van der Waals surface area contributed by atoms with Crippen molar-refractivity contribution in [3.8, 4) is 0 Å². The summed E-state index contributed by atoms with van der Waals surface area (Å²) in [6, 6.07) is -5.02. The van der Waals surface area contributed by atoms with Crippen LogP contribution in [-0.2, 0) is 63.9 Å². The number of nitrogens with two attached hydrogens (primary N) is 4. The number of carbonyl (C=O) groups is 11. The SMILES string of the molecule is CC[C@H](C)[C@H](NC(=O)[C@@H](Cc1ccccc1)NC)C(=O)N[C@@H](CCCN=C(N)N)C(=O)N[C@H](CCCN=C(N)N)C(=O)N[C@@H](C(=O)N[C@H](C(=O)N[C@@H](CO)C(=O)N[C@H]1C(=O)N[C@@H](C)C(=O)N[C@@H](C2CCCCC2)C(=O)N[C@@H]([C@@H](C)CC)C(=O)O[C@H]1C)[C@@H](C)CC)[C@@H](C)CC. The molecular formula is C64H109N17O13. The molecule has 0 radical (unpaired) electrons. The fourth-order valence-corrected chi connectivity index (χ4v) is 11.0. The van der Waals surface area contributed by atoms with Gasteiger partial charge in [-0.1, -0.05) is 131 Å². The number of ether oxygens (including phenoxy) is 1. The van der Waals surface area contributed by atoms with E-state index in [1.807, 2.05) is 44.2 Å². The molecule has 0 unspecified atom stereocenters. The van der Waals surface area contributed by atoms with Crippen molar-refractivity contribution < 1.29 is 62.6 Å². The van der Waals surface area contributed by atoms with Crippen molar-refractivity contribution in [3.05, 3.63) is 35.9 Å². The predicted octanol–water partition coefficient (Wildman–Crippen LogP) is -1.51. The molecule has 0 spiro atoms. The molecule has 1 heterocycles. The Balaban J connectivity index is 1.94. The van der Waals surface area contributed by atoms with Crippen molar-refractivity contribution in [2.45, 2.75) is 232 Å². The summed E-state index contributed by atoms with van der Waals surface area (Å²) in [5.41, 5.74) is 23.3. The third kappa shape index (κ3) is 25.6. The molecule has 2 aliphatic rings. The van der Waals surface area contributed by atoms with E-state index in [0.717, 1.165) is 24.8 Å². The second kappa shape index (κ2) is 40.8. The lowest BCUT2D eigenvalue weighted by atomic mass is 9.83. The third-order valence-corrected chi connectivity index (χ3v) is 17.9. The Labute approximate surface area is 552 Å². The molecule has 10 amide bonds. The van der Waals surface area contributed by atoms with Gasteiger partial charge >= 0.3 is 5.97 Å². The average Bonchev–Trinajstić information content (AvgIpc) is 1.31. The largest absolute Gasteiger partial charge is 0.458 e. The van der Waals surface area contributed by atoms with Crippen molar-refractivity contribution in [2.24, 2.45) is 62.5 Å². The second-order valence-electron chi connectivity index (χ2n) is 25.0. The van der Waals surface area contributed by atoms with Gasteiger partial charge < -0.3 is 91.3 Å². The Kier molecular flexibility index (Phi) is 34.8. The van der Waals surface area contributed by atoms with E-state index in [0.29, 0.717) is 38.5 Å². The number of benzene rings is 1. The Hall–Kier alpha value is -8.15. The van der Waals surface area contributed by atoms with E-state index in [4.69, 9.17) is 27.7 Å². The number of guanidine groups is 2. The minimum absolute atomic E-state index is 0.0290. The highest BCUT2D eigenvalue weighted by Crippen LogP contribution is 2.28. The van der Waals surface area contributed by atoms with E-state index in [2.05, 4.69) is 68.5 Å². The smallest absolute Gasteiger partial charge is 0.329 e. The molecule has 528 valence electrons. The van der Waals surface area contributed by atoms with Gasteiger partial charge in [0.15, 0.2) is 11.9 Å². The first-order valence-electron chi connectivity index (χ1n) is 33.2. The summed E-state index contributed by atoms with van der Waals surface area (Å²) in [6.45, 7) is 15.8. The standard InChI is InChI=1S/C64H109N17O13/c1-12-34(5)46(77-55(86)44(69-11)32-40-24-18-16-19-25-40)57(88)74-42(28-22-30-70-63(65)66)53(84)73-43(29-23-31-71-64(67)68)54(85)76-48(36(7)14-3)59(90)78-47(35(6)13-2)58(89)75-45(33-82)56(87)80-50-39(10)94-62(93)49(37(8)15-4)79-61(92)51(41-26-20-17-21-27-41)81-52(83)38(9)72-60(50)91/h16,18-19,24-25,34-39,41-51,69,82H,12-15,17,20-23,26-33H2,1-11H3,(H,72,91)(H,73,84)(H,74,88)(H,75,89)(H,76,85)(H,77,86)(H,78,90)(H,79,92)(H,80,87)(H,81,83)(H4,65,66,70)(H4,67,68,71)/t34-,35-,36-,37-,38-,39-,42-,43+,44+,45-,46-,47-,48+,49-,50+,51-/m0/s1. The summed E-state index contributed by atoms with van der Waals surface area (Å²) in [4.78, 5) is 165. The van der Waals surface area contributed by atoms with E-state index in [-0.39, 0.29) is 63.0 Å². The van der Waals surface area contributed by atoms with Gasteiger partial charge in [0.05, 0.1) is 12.6 Å². The topological polar surface area (TPSA) is 478 Å². The summed E-state index contributed by atoms with van der Waals surface area (Å²) >= 11 is 0. The van der Waals surface area contributed by atoms with Crippen LogP contribution in [0.25, 0.3) is 0 Å². The number of carbonyl (C=O) groups excluding carboxylic acids is 11. The minimum Gasteiger partial charge on any atom is -0.458 e. The van der Waals surface area contributed by atoms with Crippen molar-refractivity contribution in [1.82, 2.24) is 58.5 Å². The quantitative estimate of drug-likeness (QED) is 0.0159. The van der Waals surface area contributed by atoms with Crippen LogP contribution in [0.15, 0.2) is 40.3 Å². The molecule has 20 N–H and O–H groups in total. The molecule has 1 saturated carbocycles. The van der Waals surface area contributed by atoms with Crippen molar-refractivity contribution in [1.29, 1.82) is 0 Å². The highest BCUT2D eigenvalue weighted by atomic mass is 16.5. The number of aliphatic hydroxyl groups excluding tert-OH is 1. The minimum atomic E-state index is -1.79.